The van der Waals surface area contributed by atoms with E-state index in [1.165, 1.54) is 12.8 Å². The van der Waals surface area contributed by atoms with Gasteiger partial charge in [0.1, 0.15) is 6.04 Å². The molecule has 0 aliphatic carbocycles. The van der Waals surface area contributed by atoms with Crippen molar-refractivity contribution in [2.24, 2.45) is 5.92 Å². The first kappa shape index (κ1) is 14.3. The van der Waals surface area contributed by atoms with Crippen molar-refractivity contribution >= 4 is 11.8 Å². The Morgan fingerprint density at radius 1 is 1.53 bits per heavy atom. The van der Waals surface area contributed by atoms with Gasteiger partial charge in [-0.25, -0.2) is 0 Å². The van der Waals surface area contributed by atoms with Gasteiger partial charge in [-0.1, -0.05) is 6.92 Å². The van der Waals surface area contributed by atoms with E-state index >= 15 is 0 Å². The van der Waals surface area contributed by atoms with Crippen LogP contribution in [0, 0.1) is 5.92 Å². The van der Waals surface area contributed by atoms with E-state index in [9.17, 15) is 9.59 Å². The second-order valence-electron chi connectivity index (χ2n) is 5.57. The van der Waals surface area contributed by atoms with E-state index in [0.717, 1.165) is 32.6 Å². The molecule has 2 saturated heterocycles. The molecular formula is C14H25N3O2. The van der Waals surface area contributed by atoms with Crippen LogP contribution in [0.5, 0.6) is 0 Å². The predicted molar refractivity (Wildman–Crippen MR) is 73.6 cm³/mol. The van der Waals surface area contributed by atoms with Crippen LogP contribution in [0.25, 0.3) is 0 Å². The Hall–Kier alpha value is -1.10. The molecule has 108 valence electrons. The Kier molecular flexibility index (Phi) is 5.19. The maximum absolute atomic E-state index is 12.2. The number of carbonyl (C=O) groups excluding carboxylic acids is 2. The maximum atomic E-state index is 12.2. The molecule has 0 saturated carbocycles. The summed E-state index contributed by atoms with van der Waals surface area (Å²) in [6.45, 7) is 5.50. The summed E-state index contributed by atoms with van der Waals surface area (Å²) in [4.78, 5) is 25.7. The highest BCUT2D eigenvalue weighted by atomic mass is 16.2. The summed E-state index contributed by atoms with van der Waals surface area (Å²) < 4.78 is 0. The van der Waals surface area contributed by atoms with E-state index in [-0.39, 0.29) is 17.9 Å². The van der Waals surface area contributed by atoms with Crippen molar-refractivity contribution in [3.63, 3.8) is 0 Å². The molecule has 2 heterocycles. The summed E-state index contributed by atoms with van der Waals surface area (Å²) in [5.74, 6) is 0.675. The summed E-state index contributed by atoms with van der Waals surface area (Å²) in [5, 5.41) is 6.38. The standard InChI is InChI=1S/C14H25N3O2/c1-2-12(17-8-4-6-13(17)18)14(19)16-10-11-5-3-7-15-9-11/h11-12,15H,2-10H2,1H3,(H,16,19). The second kappa shape index (κ2) is 6.89. The van der Waals surface area contributed by atoms with Crippen molar-refractivity contribution in [3.8, 4) is 0 Å². The minimum Gasteiger partial charge on any atom is -0.354 e. The first-order chi connectivity index (χ1) is 9.22. The van der Waals surface area contributed by atoms with Crippen molar-refractivity contribution < 1.29 is 9.59 Å². The molecule has 2 rings (SSSR count). The molecule has 2 N–H and O–H groups in total. The van der Waals surface area contributed by atoms with Gasteiger partial charge >= 0.3 is 0 Å². The zero-order valence-electron chi connectivity index (χ0n) is 11.8. The fourth-order valence-electron chi connectivity index (χ4n) is 3.01. The summed E-state index contributed by atoms with van der Waals surface area (Å²) in [6.07, 6.45) is 4.53. The molecule has 0 spiro atoms. The zero-order valence-corrected chi connectivity index (χ0v) is 11.8. The predicted octanol–water partition coefficient (Wildman–Crippen LogP) is 0.503. The summed E-state index contributed by atoms with van der Waals surface area (Å²) >= 11 is 0. The fourth-order valence-corrected chi connectivity index (χ4v) is 3.01. The highest BCUT2D eigenvalue weighted by Gasteiger charge is 2.31. The molecule has 0 aromatic heterocycles. The molecule has 5 heteroatoms. The molecular weight excluding hydrogens is 242 g/mol. The molecule has 5 nitrogen and oxygen atoms in total. The van der Waals surface area contributed by atoms with Crippen LogP contribution in [0.3, 0.4) is 0 Å². The number of nitrogens with one attached hydrogen (secondary N) is 2. The molecule has 0 aromatic rings. The van der Waals surface area contributed by atoms with Gasteiger partial charge in [0, 0.05) is 19.5 Å². The zero-order chi connectivity index (χ0) is 13.7. The van der Waals surface area contributed by atoms with E-state index in [4.69, 9.17) is 0 Å². The minimum atomic E-state index is -0.272. The van der Waals surface area contributed by atoms with Gasteiger partial charge in [-0.15, -0.1) is 0 Å². The molecule has 0 radical (unpaired) electrons. The van der Waals surface area contributed by atoms with Crippen LogP contribution in [0.15, 0.2) is 0 Å². The Labute approximate surface area is 115 Å². The van der Waals surface area contributed by atoms with Gasteiger partial charge in [0.05, 0.1) is 0 Å². The van der Waals surface area contributed by atoms with E-state index in [0.29, 0.717) is 18.8 Å². The lowest BCUT2D eigenvalue weighted by atomic mass is 9.99. The normalized spacial score (nSPS) is 25.4. The van der Waals surface area contributed by atoms with Gasteiger partial charge < -0.3 is 15.5 Å². The summed E-state index contributed by atoms with van der Waals surface area (Å²) in [6, 6.07) is -0.272. The average Bonchev–Trinajstić information content (AvgIpc) is 2.85. The van der Waals surface area contributed by atoms with Gasteiger partial charge in [-0.3, -0.25) is 9.59 Å². The highest BCUT2D eigenvalue weighted by molar-refractivity contribution is 5.88. The van der Waals surface area contributed by atoms with Gasteiger partial charge in [0.25, 0.3) is 0 Å². The van der Waals surface area contributed by atoms with Gasteiger partial charge in [0.2, 0.25) is 11.8 Å². The van der Waals surface area contributed by atoms with Crippen molar-refractivity contribution in [3.05, 3.63) is 0 Å². The van der Waals surface area contributed by atoms with Crippen LogP contribution in [0.4, 0.5) is 0 Å². The number of hydrogen-bond donors (Lipinski definition) is 2. The largest absolute Gasteiger partial charge is 0.354 e. The Morgan fingerprint density at radius 2 is 2.37 bits per heavy atom. The molecule has 2 atom stereocenters. The molecule has 2 aliphatic rings. The Morgan fingerprint density at radius 3 is 2.95 bits per heavy atom. The summed E-state index contributed by atoms with van der Waals surface area (Å²) in [5.41, 5.74) is 0. The molecule has 19 heavy (non-hydrogen) atoms. The number of carbonyl (C=O) groups is 2. The lowest BCUT2D eigenvalue weighted by Gasteiger charge is -2.28. The lowest BCUT2D eigenvalue weighted by Crippen LogP contribution is -2.49. The third-order valence-corrected chi connectivity index (χ3v) is 4.14. The van der Waals surface area contributed by atoms with Crippen molar-refractivity contribution in [1.29, 1.82) is 0 Å². The number of amides is 2. The number of nitrogens with zero attached hydrogens (tertiary/aromatic N) is 1. The van der Waals surface area contributed by atoms with Crippen LogP contribution in [-0.2, 0) is 9.59 Å². The Balaban J connectivity index is 1.81. The minimum absolute atomic E-state index is 0.0170. The monoisotopic (exact) mass is 267 g/mol. The van der Waals surface area contributed by atoms with Crippen LogP contribution >= 0.6 is 0 Å². The summed E-state index contributed by atoms with van der Waals surface area (Å²) in [7, 11) is 0. The highest BCUT2D eigenvalue weighted by Crippen LogP contribution is 2.16. The number of hydrogen-bond acceptors (Lipinski definition) is 3. The van der Waals surface area contributed by atoms with E-state index in [1.54, 1.807) is 4.90 Å². The number of likely N-dealkylation sites (tertiary alicyclic amines) is 1. The number of rotatable bonds is 5. The average molecular weight is 267 g/mol. The quantitative estimate of drug-likeness (QED) is 0.762. The van der Waals surface area contributed by atoms with Crippen molar-refractivity contribution in [2.45, 2.75) is 45.1 Å². The molecule has 0 aromatic carbocycles. The van der Waals surface area contributed by atoms with Crippen LogP contribution < -0.4 is 10.6 Å². The smallest absolute Gasteiger partial charge is 0.242 e. The lowest BCUT2D eigenvalue weighted by molar-refractivity contribution is -0.137. The first-order valence-electron chi connectivity index (χ1n) is 7.50. The van der Waals surface area contributed by atoms with Gasteiger partial charge in [-0.2, -0.15) is 0 Å². The van der Waals surface area contributed by atoms with Crippen LogP contribution in [0.1, 0.15) is 39.0 Å². The third kappa shape index (κ3) is 3.69. The third-order valence-electron chi connectivity index (χ3n) is 4.14. The molecule has 2 amide bonds. The maximum Gasteiger partial charge on any atom is 0.242 e. The Bertz CT molecular complexity index is 327. The van der Waals surface area contributed by atoms with E-state index in [2.05, 4.69) is 10.6 Å². The van der Waals surface area contributed by atoms with E-state index in [1.807, 2.05) is 6.92 Å². The molecule has 2 unspecified atom stereocenters. The first-order valence-corrected chi connectivity index (χ1v) is 7.50. The van der Waals surface area contributed by atoms with E-state index < -0.39 is 0 Å². The van der Waals surface area contributed by atoms with Crippen LogP contribution in [0.2, 0.25) is 0 Å². The van der Waals surface area contributed by atoms with Crippen molar-refractivity contribution in [1.82, 2.24) is 15.5 Å². The molecule has 2 fully saturated rings. The second-order valence-corrected chi connectivity index (χ2v) is 5.57. The molecule has 2 aliphatic heterocycles. The van der Waals surface area contributed by atoms with Crippen LogP contribution in [-0.4, -0.2) is 48.9 Å². The SMILES string of the molecule is CCC(C(=O)NCC1CCCNC1)N1CCCC1=O. The van der Waals surface area contributed by atoms with Crippen molar-refractivity contribution in [2.75, 3.05) is 26.2 Å². The number of piperidine rings is 1. The van der Waals surface area contributed by atoms with Gasteiger partial charge in [0.15, 0.2) is 0 Å². The fraction of sp³-hybridized carbons (Fsp3) is 0.857. The topological polar surface area (TPSA) is 61.4 Å². The molecule has 0 bridgehead atoms. The van der Waals surface area contributed by atoms with Gasteiger partial charge in [-0.05, 0) is 44.7 Å².